The van der Waals surface area contributed by atoms with Crippen LogP contribution >= 0.6 is 0 Å². The average Bonchev–Trinajstić information content (AvgIpc) is 3.10. The predicted molar refractivity (Wildman–Crippen MR) is 222 cm³/mol. The molecule has 2 heteroatoms. The van der Waals surface area contributed by atoms with Crippen molar-refractivity contribution in [1.29, 1.82) is 0 Å². The smallest absolute Gasteiger partial charge is 0.0786 e. The van der Waals surface area contributed by atoms with E-state index in [1.807, 2.05) is 0 Å². The summed E-state index contributed by atoms with van der Waals surface area (Å²) in [5, 5.41) is 0. The van der Waals surface area contributed by atoms with E-state index in [1.165, 1.54) is 268 Å². The molecule has 0 aliphatic carbocycles. The Morgan fingerprint density at radius 3 is 0.714 bits per heavy atom. The maximum Gasteiger partial charge on any atom is 0.0786 e. The summed E-state index contributed by atoms with van der Waals surface area (Å²) in [5.74, 6) is 0. The van der Waals surface area contributed by atoms with Gasteiger partial charge in [-0.15, -0.1) is 0 Å². The highest BCUT2D eigenvalue weighted by Gasteiger charge is 2.25. The van der Waals surface area contributed by atoms with E-state index in [0.29, 0.717) is 0 Å². The van der Waals surface area contributed by atoms with Gasteiger partial charge in [0.25, 0.3) is 0 Å². The summed E-state index contributed by atoms with van der Waals surface area (Å²) in [4.78, 5) is 0. The second-order valence-corrected chi connectivity index (χ2v) is 16.2. The van der Waals surface area contributed by atoms with Crippen LogP contribution < -0.4 is 12.4 Å². The molecule has 0 aliphatic heterocycles. The molecule has 0 rings (SSSR count). The fourth-order valence-corrected chi connectivity index (χ4v) is 7.91. The van der Waals surface area contributed by atoms with Crippen molar-refractivity contribution in [2.75, 3.05) is 26.2 Å². The maximum atomic E-state index is 2.48. The van der Waals surface area contributed by atoms with E-state index in [9.17, 15) is 0 Å². The third kappa shape index (κ3) is 39.0. The lowest BCUT2D eigenvalue weighted by Crippen LogP contribution is -3.00. The molecule has 1 nitrogen and oxygen atoms in total. The highest BCUT2D eigenvalue weighted by molar-refractivity contribution is 4.81. The highest BCUT2D eigenvalue weighted by atomic mass is 35.5. The summed E-state index contributed by atoms with van der Waals surface area (Å²) in [7, 11) is 0. The SMILES string of the molecule is CCCCCCCC/C=C\CCCCCCCC[N+](CCCC)(CCCCCCCCCCC)CCCCCCCCCCCCCC.[Cl-]. The van der Waals surface area contributed by atoms with Crippen molar-refractivity contribution < 1.29 is 16.9 Å². The molecular weight excluding hydrogens is 614 g/mol. The Balaban J connectivity index is 0. The van der Waals surface area contributed by atoms with E-state index in [-0.39, 0.29) is 12.4 Å². The van der Waals surface area contributed by atoms with Gasteiger partial charge in [-0.3, -0.25) is 0 Å². The molecule has 0 aliphatic rings. The minimum Gasteiger partial charge on any atom is -1.00 e. The van der Waals surface area contributed by atoms with Crippen molar-refractivity contribution in [2.45, 2.75) is 265 Å². The number of rotatable bonds is 42. The van der Waals surface area contributed by atoms with Gasteiger partial charge in [0.1, 0.15) is 0 Å². The lowest BCUT2D eigenvalue weighted by Gasteiger charge is -2.39. The Hall–Kier alpha value is -0.0100. The van der Waals surface area contributed by atoms with E-state index in [4.69, 9.17) is 0 Å². The predicted octanol–water partition coefficient (Wildman–Crippen LogP) is 13.9. The molecule has 0 spiro atoms. The normalized spacial score (nSPS) is 12.9. The van der Waals surface area contributed by atoms with E-state index in [1.54, 1.807) is 0 Å². The molecule has 0 aromatic heterocycles. The van der Waals surface area contributed by atoms with Gasteiger partial charge < -0.3 is 16.9 Å². The van der Waals surface area contributed by atoms with Gasteiger partial charge in [0.2, 0.25) is 0 Å². The molecule has 0 aromatic carbocycles. The van der Waals surface area contributed by atoms with Gasteiger partial charge in [-0.2, -0.15) is 0 Å². The number of halogens is 1. The Morgan fingerprint density at radius 1 is 0.245 bits per heavy atom. The summed E-state index contributed by atoms with van der Waals surface area (Å²) in [6.07, 6.45) is 58.3. The largest absolute Gasteiger partial charge is 1.00 e. The fraction of sp³-hybridized carbons (Fsp3) is 0.957. The highest BCUT2D eigenvalue weighted by Crippen LogP contribution is 2.21. The molecular formula is C47H96ClN. The minimum atomic E-state index is 0. The average molecular weight is 711 g/mol. The summed E-state index contributed by atoms with van der Waals surface area (Å²) < 4.78 is 1.46. The van der Waals surface area contributed by atoms with Crippen molar-refractivity contribution in [3.05, 3.63) is 12.2 Å². The Morgan fingerprint density at radius 2 is 0.449 bits per heavy atom. The zero-order chi connectivity index (χ0) is 34.9. The standard InChI is InChI=1S/C47H96N.ClH/c1-5-9-13-16-19-22-24-26-27-28-29-31-34-37-40-43-47-48(44-12-8-4,45-41-38-35-32-21-18-15-11-7-3)46-42-39-36-33-30-25-23-20-17-14-10-6-2;/h26-27H,5-25,28-47H2,1-4H3;1H/q+1;/p-1/b27-26-;. The van der Waals surface area contributed by atoms with Gasteiger partial charge >= 0.3 is 0 Å². The molecule has 0 N–H and O–H groups in total. The Kier molecular flexibility index (Phi) is 46.0. The topological polar surface area (TPSA) is 0 Å². The van der Waals surface area contributed by atoms with Gasteiger partial charge in [0.15, 0.2) is 0 Å². The molecule has 0 aromatic rings. The van der Waals surface area contributed by atoms with Crippen LogP contribution in [-0.4, -0.2) is 30.7 Å². The third-order valence-corrected chi connectivity index (χ3v) is 11.4. The summed E-state index contributed by atoms with van der Waals surface area (Å²) in [6, 6.07) is 0. The molecule has 0 heterocycles. The van der Waals surface area contributed by atoms with Crippen molar-refractivity contribution in [2.24, 2.45) is 0 Å². The number of hydrogen-bond donors (Lipinski definition) is 0. The zero-order valence-electron chi connectivity index (χ0n) is 35.0. The molecule has 49 heavy (non-hydrogen) atoms. The fourth-order valence-electron chi connectivity index (χ4n) is 7.91. The van der Waals surface area contributed by atoms with Crippen LogP contribution in [0.3, 0.4) is 0 Å². The van der Waals surface area contributed by atoms with Crippen molar-refractivity contribution in [3.8, 4) is 0 Å². The molecule has 0 saturated heterocycles. The van der Waals surface area contributed by atoms with Crippen LogP contribution in [0.1, 0.15) is 265 Å². The Bertz CT molecular complexity index is 603. The van der Waals surface area contributed by atoms with Gasteiger partial charge in [-0.1, -0.05) is 207 Å². The van der Waals surface area contributed by atoms with Crippen molar-refractivity contribution in [1.82, 2.24) is 0 Å². The van der Waals surface area contributed by atoms with Crippen LogP contribution in [0.2, 0.25) is 0 Å². The monoisotopic (exact) mass is 710 g/mol. The van der Waals surface area contributed by atoms with Crippen LogP contribution in [0, 0.1) is 0 Å². The van der Waals surface area contributed by atoms with E-state index < -0.39 is 0 Å². The van der Waals surface area contributed by atoms with Crippen LogP contribution in [0.15, 0.2) is 12.2 Å². The van der Waals surface area contributed by atoms with Crippen LogP contribution in [0.5, 0.6) is 0 Å². The third-order valence-electron chi connectivity index (χ3n) is 11.4. The Labute approximate surface area is 319 Å². The molecule has 0 radical (unpaired) electrons. The molecule has 0 amide bonds. The number of allylic oxidation sites excluding steroid dienone is 2. The molecule has 0 bridgehead atoms. The summed E-state index contributed by atoms with van der Waals surface area (Å²) in [5.41, 5.74) is 0. The second kappa shape index (κ2) is 44.2. The van der Waals surface area contributed by atoms with Crippen LogP contribution in [0.4, 0.5) is 0 Å². The minimum absolute atomic E-state index is 0. The first-order valence-electron chi connectivity index (χ1n) is 23.2. The van der Waals surface area contributed by atoms with Gasteiger partial charge in [0.05, 0.1) is 26.2 Å². The summed E-state index contributed by atoms with van der Waals surface area (Å²) >= 11 is 0. The van der Waals surface area contributed by atoms with Gasteiger partial charge in [-0.05, 0) is 70.6 Å². The first-order valence-corrected chi connectivity index (χ1v) is 23.2. The van der Waals surface area contributed by atoms with Gasteiger partial charge in [-0.25, -0.2) is 0 Å². The second-order valence-electron chi connectivity index (χ2n) is 16.2. The van der Waals surface area contributed by atoms with E-state index in [0.717, 1.165) is 0 Å². The van der Waals surface area contributed by atoms with Crippen LogP contribution in [0.25, 0.3) is 0 Å². The van der Waals surface area contributed by atoms with Crippen LogP contribution in [-0.2, 0) is 0 Å². The lowest BCUT2D eigenvalue weighted by atomic mass is 10.0. The molecule has 0 fully saturated rings. The molecule has 1 unspecified atom stereocenters. The van der Waals surface area contributed by atoms with Crippen molar-refractivity contribution in [3.63, 3.8) is 0 Å². The zero-order valence-corrected chi connectivity index (χ0v) is 35.7. The number of hydrogen-bond acceptors (Lipinski definition) is 0. The lowest BCUT2D eigenvalue weighted by molar-refractivity contribution is -0.929. The van der Waals surface area contributed by atoms with E-state index >= 15 is 0 Å². The summed E-state index contributed by atoms with van der Waals surface area (Å²) in [6.45, 7) is 15.2. The van der Waals surface area contributed by atoms with E-state index in [2.05, 4.69) is 39.8 Å². The molecule has 1 atom stereocenters. The molecule has 0 saturated carbocycles. The maximum absolute atomic E-state index is 2.48. The first kappa shape index (κ1) is 51.1. The number of unbranched alkanes of at least 4 members (excludes halogenated alkanes) is 32. The quantitative estimate of drug-likeness (QED) is 0.0336. The number of nitrogens with zero attached hydrogens (tertiary/aromatic N) is 1. The van der Waals surface area contributed by atoms with Crippen molar-refractivity contribution >= 4 is 0 Å². The number of quaternary nitrogens is 1. The first-order chi connectivity index (χ1) is 23.7. The van der Waals surface area contributed by atoms with Gasteiger partial charge in [0, 0.05) is 0 Å². The molecule has 296 valence electrons.